The summed E-state index contributed by atoms with van der Waals surface area (Å²) >= 11 is 0. The average molecular weight is 262 g/mol. The fraction of sp³-hybridized carbons (Fsp3) is 0.429. The highest BCUT2D eigenvalue weighted by Gasteiger charge is 2.30. The molecule has 0 spiro atoms. The molecule has 2 N–H and O–H groups in total. The summed E-state index contributed by atoms with van der Waals surface area (Å²) in [6.07, 6.45) is 0. The van der Waals surface area contributed by atoms with Crippen LogP contribution in [0.4, 0.5) is 0 Å². The first kappa shape index (κ1) is 13.5. The lowest BCUT2D eigenvalue weighted by molar-refractivity contribution is -0.140. The molecule has 0 bridgehead atoms. The van der Waals surface area contributed by atoms with Gasteiger partial charge in [-0.3, -0.25) is 14.5 Å². The number of benzene rings is 1. The first-order valence-electron chi connectivity index (χ1n) is 6.39. The van der Waals surface area contributed by atoms with E-state index >= 15 is 0 Å². The van der Waals surface area contributed by atoms with E-state index in [0.29, 0.717) is 19.6 Å². The van der Waals surface area contributed by atoms with Crippen molar-refractivity contribution < 1.29 is 14.7 Å². The summed E-state index contributed by atoms with van der Waals surface area (Å²) in [5.41, 5.74) is 0.771. The third-order valence-corrected chi connectivity index (χ3v) is 3.54. The molecule has 2 rings (SSSR count). The zero-order valence-electron chi connectivity index (χ0n) is 10.9. The molecule has 0 radical (unpaired) electrons. The van der Waals surface area contributed by atoms with E-state index in [4.69, 9.17) is 0 Å². The number of hydrogen-bond acceptors (Lipinski definition) is 3. The van der Waals surface area contributed by atoms with E-state index in [-0.39, 0.29) is 11.9 Å². The summed E-state index contributed by atoms with van der Waals surface area (Å²) in [5, 5.41) is 12.2. The molecular weight excluding hydrogens is 244 g/mol. The molecule has 0 saturated carbocycles. The van der Waals surface area contributed by atoms with Gasteiger partial charge in [0, 0.05) is 19.6 Å². The Kier molecular flexibility index (Phi) is 4.16. The second kappa shape index (κ2) is 5.84. The summed E-state index contributed by atoms with van der Waals surface area (Å²) in [6, 6.07) is 8.87. The van der Waals surface area contributed by atoms with E-state index in [2.05, 4.69) is 5.32 Å². The SMILES string of the molecule is CC1C(=O)NCCN1CC(C(=O)O)c1ccccc1. The van der Waals surface area contributed by atoms with E-state index < -0.39 is 11.9 Å². The van der Waals surface area contributed by atoms with Crippen LogP contribution in [0.5, 0.6) is 0 Å². The van der Waals surface area contributed by atoms with Gasteiger partial charge in [-0.15, -0.1) is 0 Å². The zero-order chi connectivity index (χ0) is 13.8. The van der Waals surface area contributed by atoms with Gasteiger partial charge in [0.25, 0.3) is 0 Å². The van der Waals surface area contributed by atoms with Crippen LogP contribution in [0, 0.1) is 0 Å². The lowest BCUT2D eigenvalue weighted by Crippen LogP contribution is -2.55. The van der Waals surface area contributed by atoms with Crippen LogP contribution in [0.3, 0.4) is 0 Å². The van der Waals surface area contributed by atoms with Gasteiger partial charge >= 0.3 is 5.97 Å². The predicted molar refractivity (Wildman–Crippen MR) is 70.9 cm³/mol. The maximum absolute atomic E-state index is 11.6. The number of carbonyl (C=O) groups is 2. The van der Waals surface area contributed by atoms with Crippen molar-refractivity contribution in [3.05, 3.63) is 35.9 Å². The molecule has 1 heterocycles. The molecule has 1 aromatic carbocycles. The number of carboxylic acids is 1. The Morgan fingerprint density at radius 2 is 2.16 bits per heavy atom. The van der Waals surface area contributed by atoms with Crippen LogP contribution in [0.25, 0.3) is 0 Å². The summed E-state index contributed by atoms with van der Waals surface area (Å²) in [6.45, 7) is 3.42. The van der Waals surface area contributed by atoms with Crippen LogP contribution < -0.4 is 5.32 Å². The average Bonchev–Trinajstić information content (AvgIpc) is 2.41. The van der Waals surface area contributed by atoms with Crippen molar-refractivity contribution in [1.82, 2.24) is 10.2 Å². The molecule has 1 aromatic rings. The number of rotatable bonds is 4. The summed E-state index contributed by atoms with van der Waals surface area (Å²) in [7, 11) is 0. The van der Waals surface area contributed by atoms with Gasteiger partial charge in [0.05, 0.1) is 12.0 Å². The second-order valence-electron chi connectivity index (χ2n) is 4.76. The molecule has 19 heavy (non-hydrogen) atoms. The summed E-state index contributed by atoms with van der Waals surface area (Å²) in [4.78, 5) is 24.9. The van der Waals surface area contributed by atoms with Crippen molar-refractivity contribution >= 4 is 11.9 Å². The van der Waals surface area contributed by atoms with Crippen molar-refractivity contribution in [3.8, 4) is 0 Å². The Hall–Kier alpha value is -1.88. The van der Waals surface area contributed by atoms with Crippen LogP contribution in [-0.2, 0) is 9.59 Å². The van der Waals surface area contributed by atoms with Crippen molar-refractivity contribution in [3.63, 3.8) is 0 Å². The van der Waals surface area contributed by atoms with E-state index in [1.54, 1.807) is 6.92 Å². The topological polar surface area (TPSA) is 69.6 Å². The Morgan fingerprint density at radius 1 is 1.47 bits per heavy atom. The maximum Gasteiger partial charge on any atom is 0.312 e. The molecule has 5 nitrogen and oxygen atoms in total. The van der Waals surface area contributed by atoms with Gasteiger partial charge in [0.2, 0.25) is 5.91 Å². The largest absolute Gasteiger partial charge is 0.481 e. The maximum atomic E-state index is 11.6. The van der Waals surface area contributed by atoms with Crippen LogP contribution in [0.2, 0.25) is 0 Å². The zero-order valence-corrected chi connectivity index (χ0v) is 10.9. The Morgan fingerprint density at radius 3 is 2.79 bits per heavy atom. The third-order valence-electron chi connectivity index (χ3n) is 3.54. The molecule has 2 atom stereocenters. The predicted octanol–water partition coefficient (Wildman–Crippen LogP) is 0.675. The number of carbonyl (C=O) groups excluding carboxylic acids is 1. The number of carboxylic acid groups (broad SMARTS) is 1. The van der Waals surface area contributed by atoms with E-state index in [9.17, 15) is 14.7 Å². The molecule has 5 heteroatoms. The minimum atomic E-state index is -0.857. The van der Waals surface area contributed by atoms with Gasteiger partial charge < -0.3 is 10.4 Å². The number of piperazine rings is 1. The minimum Gasteiger partial charge on any atom is -0.481 e. The fourth-order valence-corrected chi connectivity index (χ4v) is 2.33. The molecule has 1 aliphatic rings. The highest BCUT2D eigenvalue weighted by molar-refractivity contribution is 5.82. The van der Waals surface area contributed by atoms with E-state index in [1.165, 1.54) is 0 Å². The van der Waals surface area contributed by atoms with Crippen LogP contribution >= 0.6 is 0 Å². The quantitative estimate of drug-likeness (QED) is 0.837. The lowest BCUT2D eigenvalue weighted by Gasteiger charge is -2.34. The Bertz CT molecular complexity index is 461. The smallest absolute Gasteiger partial charge is 0.312 e. The normalized spacial score (nSPS) is 21.7. The molecule has 1 saturated heterocycles. The number of nitrogens with zero attached hydrogens (tertiary/aromatic N) is 1. The summed E-state index contributed by atoms with van der Waals surface area (Å²) < 4.78 is 0. The van der Waals surface area contributed by atoms with Gasteiger partial charge in [-0.1, -0.05) is 30.3 Å². The number of nitrogens with one attached hydrogen (secondary N) is 1. The third kappa shape index (κ3) is 3.12. The van der Waals surface area contributed by atoms with Crippen LogP contribution in [0.15, 0.2) is 30.3 Å². The van der Waals surface area contributed by atoms with Crippen molar-refractivity contribution in [2.75, 3.05) is 19.6 Å². The molecule has 2 unspecified atom stereocenters. The molecular formula is C14H18N2O3. The first-order chi connectivity index (χ1) is 9.09. The highest BCUT2D eigenvalue weighted by Crippen LogP contribution is 2.19. The Labute approximate surface area is 112 Å². The standard InChI is InChI=1S/C14H18N2O3/c1-10-13(17)15-7-8-16(10)9-12(14(18)19)11-5-3-2-4-6-11/h2-6,10,12H,7-9H2,1H3,(H,15,17)(H,18,19). The van der Waals surface area contributed by atoms with Gasteiger partial charge in [-0.25, -0.2) is 0 Å². The van der Waals surface area contributed by atoms with E-state index in [1.807, 2.05) is 35.2 Å². The van der Waals surface area contributed by atoms with Crippen LogP contribution in [-0.4, -0.2) is 47.6 Å². The van der Waals surface area contributed by atoms with E-state index in [0.717, 1.165) is 5.56 Å². The molecule has 102 valence electrons. The molecule has 1 fully saturated rings. The lowest BCUT2D eigenvalue weighted by atomic mass is 9.97. The van der Waals surface area contributed by atoms with Gasteiger partial charge in [-0.05, 0) is 12.5 Å². The number of aliphatic carboxylic acids is 1. The highest BCUT2D eigenvalue weighted by atomic mass is 16.4. The number of amides is 1. The van der Waals surface area contributed by atoms with Gasteiger partial charge in [0.1, 0.15) is 0 Å². The molecule has 1 aliphatic heterocycles. The summed E-state index contributed by atoms with van der Waals surface area (Å²) in [5.74, 6) is -1.50. The second-order valence-corrected chi connectivity index (χ2v) is 4.76. The Balaban J connectivity index is 2.13. The molecule has 0 aliphatic carbocycles. The number of hydrogen-bond donors (Lipinski definition) is 2. The minimum absolute atomic E-state index is 0.0385. The fourth-order valence-electron chi connectivity index (χ4n) is 2.33. The first-order valence-corrected chi connectivity index (χ1v) is 6.39. The van der Waals surface area contributed by atoms with Crippen molar-refractivity contribution in [2.24, 2.45) is 0 Å². The van der Waals surface area contributed by atoms with Crippen molar-refractivity contribution in [1.29, 1.82) is 0 Å². The van der Waals surface area contributed by atoms with Gasteiger partial charge in [0.15, 0.2) is 0 Å². The van der Waals surface area contributed by atoms with Crippen molar-refractivity contribution in [2.45, 2.75) is 18.9 Å². The molecule has 0 aromatic heterocycles. The monoisotopic (exact) mass is 262 g/mol. The molecule has 1 amide bonds. The van der Waals surface area contributed by atoms with Gasteiger partial charge in [-0.2, -0.15) is 0 Å². The van der Waals surface area contributed by atoms with Crippen LogP contribution in [0.1, 0.15) is 18.4 Å².